The van der Waals surface area contributed by atoms with Gasteiger partial charge in [-0.2, -0.15) is 0 Å². The first-order valence-electron chi connectivity index (χ1n) is 6.61. The molecule has 1 aromatic rings. The maximum atomic E-state index is 11.7. The van der Waals surface area contributed by atoms with E-state index < -0.39 is 12.6 Å². The Kier molecular flexibility index (Phi) is 4.95. The number of hydrogen-bond donors (Lipinski definition) is 3. The Morgan fingerprint density at radius 2 is 2.15 bits per heavy atom. The summed E-state index contributed by atoms with van der Waals surface area (Å²) in [4.78, 5) is 22.1. The number of rotatable bonds is 8. The number of carbonyl (C=O) groups is 2. The number of hydrogen-bond acceptors (Lipinski definition) is 4. The summed E-state index contributed by atoms with van der Waals surface area (Å²) in [6, 6.07) is 7.29. The predicted octanol–water partition coefficient (Wildman–Crippen LogP) is 1.23. The lowest BCUT2D eigenvalue weighted by atomic mass is 10.3. The normalized spacial score (nSPS) is 13.8. The number of carboxylic acids is 1. The molecule has 0 aliphatic heterocycles. The minimum absolute atomic E-state index is 0.0754. The first-order valence-corrected chi connectivity index (χ1v) is 6.61. The Morgan fingerprint density at radius 3 is 2.85 bits per heavy atom. The highest BCUT2D eigenvalue weighted by molar-refractivity contribution is 5.91. The lowest BCUT2D eigenvalue weighted by Crippen LogP contribution is -2.23. The van der Waals surface area contributed by atoms with Crippen molar-refractivity contribution in [3.8, 4) is 5.75 Å². The van der Waals surface area contributed by atoms with Gasteiger partial charge >= 0.3 is 5.97 Å². The van der Waals surface area contributed by atoms with Crippen LogP contribution in [0.25, 0.3) is 0 Å². The topological polar surface area (TPSA) is 87.7 Å². The van der Waals surface area contributed by atoms with Gasteiger partial charge in [0.1, 0.15) is 5.75 Å². The standard InChI is InChI=1S/C14H18N2O4/c17-13(6-7-15-10-4-5-10)16-11-2-1-3-12(8-11)20-9-14(18)19/h1-3,8,10,15H,4-7,9H2,(H,16,17)(H,18,19). The third-order valence-corrected chi connectivity index (χ3v) is 2.84. The van der Waals surface area contributed by atoms with Crippen molar-refractivity contribution >= 4 is 17.6 Å². The molecule has 0 saturated heterocycles. The number of anilines is 1. The molecule has 0 bridgehead atoms. The summed E-state index contributed by atoms with van der Waals surface area (Å²) in [6.07, 6.45) is 2.81. The molecule has 0 radical (unpaired) electrons. The average Bonchev–Trinajstić information content (AvgIpc) is 3.21. The molecule has 108 valence electrons. The Balaban J connectivity index is 1.76. The van der Waals surface area contributed by atoms with Crippen molar-refractivity contribution in [3.63, 3.8) is 0 Å². The van der Waals surface area contributed by atoms with Gasteiger partial charge in [-0.1, -0.05) is 6.07 Å². The van der Waals surface area contributed by atoms with Crippen LogP contribution in [0.15, 0.2) is 24.3 Å². The summed E-state index contributed by atoms with van der Waals surface area (Å²) in [6.45, 7) is 0.272. The van der Waals surface area contributed by atoms with E-state index in [1.54, 1.807) is 24.3 Å². The van der Waals surface area contributed by atoms with E-state index in [0.29, 0.717) is 30.4 Å². The van der Waals surface area contributed by atoms with Crippen LogP contribution in [0.5, 0.6) is 5.75 Å². The van der Waals surface area contributed by atoms with Crippen LogP contribution in [0.4, 0.5) is 5.69 Å². The minimum atomic E-state index is -1.04. The van der Waals surface area contributed by atoms with Crippen LogP contribution in [0.3, 0.4) is 0 Å². The molecule has 6 heteroatoms. The Morgan fingerprint density at radius 1 is 1.35 bits per heavy atom. The number of aliphatic carboxylic acids is 1. The second kappa shape index (κ2) is 6.91. The summed E-state index contributed by atoms with van der Waals surface area (Å²) in [5, 5.41) is 14.6. The first kappa shape index (κ1) is 14.3. The van der Waals surface area contributed by atoms with Crippen molar-refractivity contribution in [1.29, 1.82) is 0 Å². The van der Waals surface area contributed by atoms with Gasteiger partial charge in [0.2, 0.25) is 5.91 Å². The lowest BCUT2D eigenvalue weighted by molar-refractivity contribution is -0.139. The Bertz CT molecular complexity index is 486. The molecule has 1 aromatic carbocycles. The highest BCUT2D eigenvalue weighted by Gasteiger charge is 2.20. The van der Waals surface area contributed by atoms with Gasteiger partial charge in [-0.15, -0.1) is 0 Å². The number of benzene rings is 1. The number of ether oxygens (including phenoxy) is 1. The van der Waals surface area contributed by atoms with E-state index in [2.05, 4.69) is 10.6 Å². The molecule has 1 fully saturated rings. The van der Waals surface area contributed by atoms with Gasteiger partial charge in [0, 0.05) is 30.8 Å². The van der Waals surface area contributed by atoms with Crippen LogP contribution >= 0.6 is 0 Å². The van der Waals surface area contributed by atoms with Crippen LogP contribution in [-0.4, -0.2) is 36.2 Å². The molecule has 1 saturated carbocycles. The van der Waals surface area contributed by atoms with Crippen molar-refractivity contribution in [1.82, 2.24) is 5.32 Å². The molecule has 2 rings (SSSR count). The third kappa shape index (κ3) is 5.27. The zero-order valence-corrected chi connectivity index (χ0v) is 11.1. The molecule has 20 heavy (non-hydrogen) atoms. The second-order valence-electron chi connectivity index (χ2n) is 4.74. The maximum Gasteiger partial charge on any atom is 0.341 e. The van der Waals surface area contributed by atoms with Crippen LogP contribution < -0.4 is 15.4 Å². The number of amides is 1. The zero-order chi connectivity index (χ0) is 14.4. The smallest absolute Gasteiger partial charge is 0.341 e. The van der Waals surface area contributed by atoms with Gasteiger partial charge in [-0.25, -0.2) is 4.79 Å². The third-order valence-electron chi connectivity index (χ3n) is 2.84. The van der Waals surface area contributed by atoms with Gasteiger partial charge in [-0.05, 0) is 25.0 Å². The molecule has 1 amide bonds. The molecule has 0 aromatic heterocycles. The van der Waals surface area contributed by atoms with Crippen LogP contribution in [0, 0.1) is 0 Å². The van der Waals surface area contributed by atoms with E-state index in [9.17, 15) is 9.59 Å². The van der Waals surface area contributed by atoms with Crippen LogP contribution in [0.2, 0.25) is 0 Å². The lowest BCUT2D eigenvalue weighted by Gasteiger charge is -2.08. The summed E-state index contributed by atoms with van der Waals surface area (Å²) < 4.78 is 5.05. The summed E-state index contributed by atoms with van der Waals surface area (Å²) in [7, 11) is 0. The van der Waals surface area contributed by atoms with E-state index in [1.807, 2.05) is 0 Å². The first-order chi connectivity index (χ1) is 9.63. The maximum absolute atomic E-state index is 11.7. The van der Waals surface area contributed by atoms with Crippen molar-refractivity contribution in [2.75, 3.05) is 18.5 Å². The molecule has 6 nitrogen and oxygen atoms in total. The fraction of sp³-hybridized carbons (Fsp3) is 0.429. The average molecular weight is 278 g/mol. The van der Waals surface area contributed by atoms with Crippen LogP contribution in [-0.2, 0) is 9.59 Å². The van der Waals surface area contributed by atoms with Crippen LogP contribution in [0.1, 0.15) is 19.3 Å². The Labute approximate surface area is 117 Å². The number of nitrogens with one attached hydrogen (secondary N) is 2. The van der Waals surface area contributed by atoms with Gasteiger partial charge in [-0.3, -0.25) is 4.79 Å². The molecule has 1 aliphatic carbocycles. The molecular formula is C14H18N2O4. The van der Waals surface area contributed by atoms with E-state index >= 15 is 0 Å². The van der Waals surface area contributed by atoms with Crippen molar-refractivity contribution in [2.24, 2.45) is 0 Å². The van der Waals surface area contributed by atoms with E-state index in [-0.39, 0.29) is 5.91 Å². The molecule has 0 heterocycles. The molecule has 3 N–H and O–H groups in total. The van der Waals surface area contributed by atoms with Gasteiger partial charge < -0.3 is 20.5 Å². The fourth-order valence-electron chi connectivity index (χ4n) is 1.71. The quantitative estimate of drug-likeness (QED) is 0.665. The molecule has 1 aliphatic rings. The fourth-order valence-corrected chi connectivity index (χ4v) is 1.71. The van der Waals surface area contributed by atoms with E-state index in [1.165, 1.54) is 12.8 Å². The van der Waals surface area contributed by atoms with Crippen molar-refractivity contribution in [2.45, 2.75) is 25.3 Å². The number of carbonyl (C=O) groups excluding carboxylic acids is 1. The van der Waals surface area contributed by atoms with E-state index in [4.69, 9.17) is 9.84 Å². The zero-order valence-electron chi connectivity index (χ0n) is 11.1. The predicted molar refractivity (Wildman–Crippen MR) is 73.8 cm³/mol. The van der Waals surface area contributed by atoms with E-state index in [0.717, 1.165) is 0 Å². The van der Waals surface area contributed by atoms with Crippen molar-refractivity contribution in [3.05, 3.63) is 24.3 Å². The van der Waals surface area contributed by atoms with Gasteiger partial charge in [0.05, 0.1) is 0 Å². The van der Waals surface area contributed by atoms with Gasteiger partial charge in [0.25, 0.3) is 0 Å². The summed E-state index contributed by atoms with van der Waals surface area (Å²) in [5.41, 5.74) is 0.601. The monoisotopic (exact) mass is 278 g/mol. The van der Waals surface area contributed by atoms with Crippen molar-refractivity contribution < 1.29 is 19.4 Å². The highest BCUT2D eigenvalue weighted by atomic mass is 16.5. The molecule has 0 spiro atoms. The largest absolute Gasteiger partial charge is 0.482 e. The SMILES string of the molecule is O=C(O)COc1cccc(NC(=O)CCNC2CC2)c1. The number of carboxylic acid groups (broad SMARTS) is 1. The second-order valence-corrected chi connectivity index (χ2v) is 4.74. The molecular weight excluding hydrogens is 260 g/mol. The molecule has 0 atom stereocenters. The minimum Gasteiger partial charge on any atom is -0.482 e. The highest BCUT2D eigenvalue weighted by Crippen LogP contribution is 2.19. The summed E-state index contributed by atoms with van der Waals surface area (Å²) >= 11 is 0. The summed E-state index contributed by atoms with van der Waals surface area (Å²) in [5.74, 6) is -0.694. The van der Waals surface area contributed by atoms with Gasteiger partial charge in [0.15, 0.2) is 6.61 Å². The Hall–Kier alpha value is -2.08. The molecule has 0 unspecified atom stereocenters.